The van der Waals surface area contributed by atoms with Gasteiger partial charge in [-0.2, -0.15) is 0 Å². The van der Waals surface area contributed by atoms with Gasteiger partial charge in [0, 0.05) is 23.0 Å². The fourth-order valence-corrected chi connectivity index (χ4v) is 3.50. The number of ether oxygens (including phenoxy) is 1. The molecule has 0 saturated heterocycles. The molecule has 152 valence electrons. The van der Waals surface area contributed by atoms with Crippen LogP contribution in [0.2, 0.25) is 0 Å². The summed E-state index contributed by atoms with van der Waals surface area (Å²) >= 11 is 3.37. The Morgan fingerprint density at radius 1 is 1.17 bits per heavy atom. The maximum absolute atomic E-state index is 12.3. The minimum atomic E-state index is -0.285. The molecule has 0 aliphatic rings. The number of nitrogens with one attached hydrogen (secondary N) is 1. The number of imidazole rings is 1. The summed E-state index contributed by atoms with van der Waals surface area (Å²) in [5.74, 6) is 0.413. The highest BCUT2D eigenvalue weighted by atomic mass is 79.9. The zero-order valence-corrected chi connectivity index (χ0v) is 18.1. The standard InChI is InChI=1S/C22H24BrN3O3/c1-15(2)29-21(27)14-26-19-10-4-3-9-18(19)25-20(26)11-6-12-24-22(28)16-7-5-8-17(23)13-16/h3-5,7-10,13,15H,6,11-12,14H2,1-2H3,(H,24,28). The lowest BCUT2D eigenvalue weighted by molar-refractivity contribution is -0.148. The Hall–Kier alpha value is -2.67. The van der Waals surface area contributed by atoms with Crippen LogP contribution < -0.4 is 5.32 Å². The summed E-state index contributed by atoms with van der Waals surface area (Å²) in [6.07, 6.45) is 1.19. The van der Waals surface area contributed by atoms with Crippen molar-refractivity contribution in [2.75, 3.05) is 6.54 Å². The molecule has 29 heavy (non-hydrogen) atoms. The molecule has 3 rings (SSSR count). The average molecular weight is 458 g/mol. The van der Waals surface area contributed by atoms with E-state index < -0.39 is 0 Å². The Morgan fingerprint density at radius 3 is 2.72 bits per heavy atom. The van der Waals surface area contributed by atoms with Gasteiger partial charge in [-0.25, -0.2) is 4.98 Å². The SMILES string of the molecule is CC(C)OC(=O)Cn1c(CCCNC(=O)c2cccc(Br)c2)nc2ccccc21. The minimum absolute atomic E-state index is 0.111. The van der Waals surface area contributed by atoms with Crippen LogP contribution in [0.5, 0.6) is 0 Å². The highest BCUT2D eigenvalue weighted by Crippen LogP contribution is 2.17. The first-order chi connectivity index (χ1) is 13.9. The van der Waals surface area contributed by atoms with Crippen molar-refractivity contribution in [1.82, 2.24) is 14.9 Å². The van der Waals surface area contributed by atoms with Crippen molar-refractivity contribution in [1.29, 1.82) is 0 Å². The van der Waals surface area contributed by atoms with E-state index in [0.29, 0.717) is 24.9 Å². The summed E-state index contributed by atoms with van der Waals surface area (Å²) in [6, 6.07) is 15.0. The van der Waals surface area contributed by atoms with E-state index in [1.807, 2.05) is 54.8 Å². The number of carbonyl (C=O) groups excluding carboxylic acids is 2. The third-order valence-electron chi connectivity index (χ3n) is 4.34. The normalized spacial score (nSPS) is 11.0. The Balaban J connectivity index is 1.64. The first-order valence-corrected chi connectivity index (χ1v) is 10.4. The number of rotatable bonds is 8. The second kappa shape index (κ2) is 9.69. The number of carbonyl (C=O) groups is 2. The molecule has 1 aromatic heterocycles. The van der Waals surface area contributed by atoms with E-state index in [1.54, 1.807) is 12.1 Å². The number of halogens is 1. The highest BCUT2D eigenvalue weighted by molar-refractivity contribution is 9.10. The maximum Gasteiger partial charge on any atom is 0.326 e. The molecule has 1 heterocycles. The molecule has 0 fully saturated rings. The van der Waals surface area contributed by atoms with Crippen molar-refractivity contribution >= 4 is 38.8 Å². The lowest BCUT2D eigenvalue weighted by atomic mass is 10.2. The first-order valence-electron chi connectivity index (χ1n) is 9.61. The number of fused-ring (bicyclic) bond motifs is 1. The zero-order valence-electron chi connectivity index (χ0n) is 16.5. The molecule has 0 aliphatic carbocycles. The summed E-state index contributed by atoms with van der Waals surface area (Å²) in [5, 5.41) is 2.93. The minimum Gasteiger partial charge on any atom is -0.462 e. The molecule has 0 atom stereocenters. The number of aromatic nitrogens is 2. The third-order valence-corrected chi connectivity index (χ3v) is 4.83. The number of aryl methyl sites for hydroxylation is 1. The Labute approximate surface area is 178 Å². The van der Waals surface area contributed by atoms with Crippen LogP contribution in [0.3, 0.4) is 0 Å². The van der Waals surface area contributed by atoms with Crippen LogP contribution in [0.4, 0.5) is 0 Å². The summed E-state index contributed by atoms with van der Waals surface area (Å²) in [7, 11) is 0. The van der Waals surface area contributed by atoms with Gasteiger partial charge in [0.1, 0.15) is 12.4 Å². The van der Waals surface area contributed by atoms with E-state index in [1.165, 1.54) is 0 Å². The molecule has 0 aliphatic heterocycles. The Kier molecular flexibility index (Phi) is 7.04. The van der Waals surface area contributed by atoms with Crippen molar-refractivity contribution in [3.63, 3.8) is 0 Å². The summed E-state index contributed by atoms with van der Waals surface area (Å²) in [6.45, 7) is 4.31. The first kappa shape index (κ1) is 21.0. The Morgan fingerprint density at radius 2 is 1.97 bits per heavy atom. The average Bonchev–Trinajstić information content (AvgIpc) is 3.02. The molecule has 7 heteroatoms. The van der Waals surface area contributed by atoms with Crippen LogP contribution >= 0.6 is 15.9 Å². The van der Waals surface area contributed by atoms with Gasteiger partial charge in [-0.05, 0) is 50.6 Å². The second-order valence-electron chi connectivity index (χ2n) is 7.01. The fraction of sp³-hybridized carbons (Fsp3) is 0.318. The molecule has 0 unspecified atom stereocenters. The van der Waals surface area contributed by atoms with Crippen molar-refractivity contribution in [3.8, 4) is 0 Å². The van der Waals surface area contributed by atoms with Gasteiger partial charge in [-0.1, -0.05) is 34.1 Å². The molecule has 0 radical (unpaired) electrons. The smallest absolute Gasteiger partial charge is 0.326 e. The van der Waals surface area contributed by atoms with Crippen molar-refractivity contribution in [3.05, 3.63) is 64.4 Å². The Bertz CT molecular complexity index is 1010. The number of para-hydroxylation sites is 2. The van der Waals surface area contributed by atoms with Gasteiger partial charge in [0.25, 0.3) is 5.91 Å². The molecule has 3 aromatic rings. The molecule has 0 bridgehead atoms. The van der Waals surface area contributed by atoms with E-state index in [4.69, 9.17) is 4.74 Å². The van der Waals surface area contributed by atoms with Crippen LogP contribution in [-0.2, 0) is 22.5 Å². The van der Waals surface area contributed by atoms with Crippen LogP contribution in [0.1, 0.15) is 36.5 Å². The molecular formula is C22H24BrN3O3. The number of nitrogens with zero attached hydrogens (tertiary/aromatic N) is 2. The van der Waals surface area contributed by atoms with Gasteiger partial charge >= 0.3 is 5.97 Å². The summed E-state index contributed by atoms with van der Waals surface area (Å²) < 4.78 is 8.06. The van der Waals surface area contributed by atoms with Gasteiger partial charge < -0.3 is 14.6 Å². The molecule has 1 N–H and O–H groups in total. The van der Waals surface area contributed by atoms with E-state index in [-0.39, 0.29) is 24.5 Å². The quantitative estimate of drug-likeness (QED) is 0.407. The predicted molar refractivity (Wildman–Crippen MR) is 116 cm³/mol. The van der Waals surface area contributed by atoms with E-state index in [2.05, 4.69) is 26.2 Å². The van der Waals surface area contributed by atoms with Gasteiger partial charge in [0.05, 0.1) is 17.1 Å². The van der Waals surface area contributed by atoms with Crippen molar-refractivity contribution in [2.24, 2.45) is 0 Å². The number of amides is 1. The maximum atomic E-state index is 12.3. The lowest BCUT2D eigenvalue weighted by Gasteiger charge is -2.11. The largest absolute Gasteiger partial charge is 0.462 e. The van der Waals surface area contributed by atoms with Crippen molar-refractivity contribution in [2.45, 2.75) is 39.3 Å². The van der Waals surface area contributed by atoms with Crippen LogP contribution in [-0.4, -0.2) is 34.1 Å². The van der Waals surface area contributed by atoms with E-state index in [9.17, 15) is 9.59 Å². The second-order valence-corrected chi connectivity index (χ2v) is 7.93. The number of hydrogen-bond acceptors (Lipinski definition) is 4. The van der Waals surface area contributed by atoms with Crippen LogP contribution in [0, 0.1) is 0 Å². The van der Waals surface area contributed by atoms with Gasteiger partial charge in [0.15, 0.2) is 0 Å². The highest BCUT2D eigenvalue weighted by Gasteiger charge is 2.15. The number of hydrogen-bond donors (Lipinski definition) is 1. The fourth-order valence-electron chi connectivity index (χ4n) is 3.10. The van der Waals surface area contributed by atoms with Gasteiger partial charge in [0.2, 0.25) is 0 Å². The molecule has 2 aromatic carbocycles. The monoisotopic (exact) mass is 457 g/mol. The predicted octanol–water partition coefficient (Wildman–Crippen LogP) is 4.11. The molecular weight excluding hydrogens is 434 g/mol. The summed E-state index contributed by atoms with van der Waals surface area (Å²) in [4.78, 5) is 29.1. The zero-order chi connectivity index (χ0) is 20.8. The molecule has 1 amide bonds. The van der Waals surface area contributed by atoms with Gasteiger partial charge in [-0.15, -0.1) is 0 Å². The molecule has 0 saturated carbocycles. The van der Waals surface area contributed by atoms with Crippen molar-refractivity contribution < 1.29 is 14.3 Å². The van der Waals surface area contributed by atoms with E-state index >= 15 is 0 Å². The topological polar surface area (TPSA) is 73.2 Å². The number of benzene rings is 2. The van der Waals surface area contributed by atoms with Gasteiger partial charge in [-0.3, -0.25) is 9.59 Å². The molecule has 6 nitrogen and oxygen atoms in total. The van der Waals surface area contributed by atoms with Crippen LogP contribution in [0.15, 0.2) is 53.0 Å². The number of esters is 1. The lowest BCUT2D eigenvalue weighted by Crippen LogP contribution is -2.25. The van der Waals surface area contributed by atoms with Crippen LogP contribution in [0.25, 0.3) is 11.0 Å². The molecule has 0 spiro atoms. The summed E-state index contributed by atoms with van der Waals surface area (Å²) in [5.41, 5.74) is 2.36. The van der Waals surface area contributed by atoms with E-state index in [0.717, 1.165) is 21.3 Å². The third kappa shape index (κ3) is 5.67.